The molecule has 5 nitrogen and oxygen atoms in total. The van der Waals surface area contributed by atoms with Crippen molar-refractivity contribution in [3.63, 3.8) is 0 Å². The molecule has 0 amide bonds. The lowest BCUT2D eigenvalue weighted by atomic mass is 10.1. The maximum Gasteiger partial charge on any atom is 0.231 e. The highest BCUT2D eigenvalue weighted by Gasteiger charge is 2.15. The van der Waals surface area contributed by atoms with Crippen LogP contribution in [-0.4, -0.2) is 37.2 Å². The van der Waals surface area contributed by atoms with Crippen molar-refractivity contribution in [2.75, 3.05) is 19.9 Å². The Morgan fingerprint density at radius 2 is 1.92 bits per heavy atom. The molecule has 0 bridgehead atoms. The monoisotopic (exact) mass is 359 g/mol. The summed E-state index contributed by atoms with van der Waals surface area (Å²) >= 11 is 0. The molecule has 0 aliphatic carbocycles. The van der Waals surface area contributed by atoms with Gasteiger partial charge in [0.2, 0.25) is 6.79 Å². The van der Waals surface area contributed by atoms with Crippen molar-refractivity contribution in [3.8, 4) is 11.5 Å². The second kappa shape index (κ2) is 11.0. The van der Waals surface area contributed by atoms with Crippen molar-refractivity contribution in [2.45, 2.75) is 52.7 Å². The van der Waals surface area contributed by atoms with Gasteiger partial charge in [-0.3, -0.25) is 9.89 Å². The molecule has 1 fully saturated rings. The number of piperidine rings is 1. The Bertz CT molecular complexity index is 593. The molecule has 1 aromatic rings. The minimum atomic E-state index is 0.312. The molecular weight excluding hydrogens is 326 g/mol. The smallest absolute Gasteiger partial charge is 0.231 e. The molecule has 2 aliphatic heterocycles. The molecule has 3 rings (SSSR count). The van der Waals surface area contributed by atoms with E-state index in [4.69, 9.17) is 15.2 Å². The van der Waals surface area contributed by atoms with Crippen LogP contribution < -0.4 is 15.2 Å². The fraction of sp³-hybridized carbons (Fsp3) is 0.571. The lowest BCUT2D eigenvalue weighted by Crippen LogP contribution is -2.36. The second-order valence-electron chi connectivity index (χ2n) is 7.01. The van der Waals surface area contributed by atoms with E-state index < -0.39 is 0 Å². The first kappa shape index (κ1) is 20.5. The minimum Gasteiger partial charge on any atom is -0.454 e. The number of hydrogen-bond acceptors (Lipinski definition) is 5. The largest absolute Gasteiger partial charge is 0.454 e. The Balaban J connectivity index is 0.000000195. The molecule has 2 heterocycles. The zero-order valence-corrected chi connectivity index (χ0v) is 16.4. The minimum absolute atomic E-state index is 0.312. The van der Waals surface area contributed by atoms with E-state index in [-0.39, 0.29) is 0 Å². The lowest BCUT2D eigenvalue weighted by molar-refractivity contribution is 0.173. The molecule has 0 saturated carbocycles. The zero-order valence-electron chi connectivity index (χ0n) is 16.4. The molecule has 2 N–H and O–H groups in total. The number of hydrogen-bond donors (Lipinski definition) is 1. The SMILES string of the molecule is CC(C)/C=C\C=N/C(C)N1CCCCC1.NCc1cccc2c1OCO2. The van der Waals surface area contributed by atoms with E-state index in [9.17, 15) is 0 Å². The molecule has 144 valence electrons. The Morgan fingerprint density at radius 3 is 2.62 bits per heavy atom. The summed E-state index contributed by atoms with van der Waals surface area (Å²) in [4.78, 5) is 7.00. The van der Waals surface area contributed by atoms with Gasteiger partial charge in [0.1, 0.15) is 0 Å². The van der Waals surface area contributed by atoms with Crippen molar-refractivity contribution < 1.29 is 9.47 Å². The third-order valence-corrected chi connectivity index (χ3v) is 4.50. The van der Waals surface area contributed by atoms with Gasteiger partial charge < -0.3 is 15.2 Å². The third kappa shape index (κ3) is 6.46. The van der Waals surface area contributed by atoms with Crippen LogP contribution in [-0.2, 0) is 6.54 Å². The lowest BCUT2D eigenvalue weighted by Gasteiger charge is -2.29. The average molecular weight is 360 g/mol. The quantitative estimate of drug-likeness (QED) is 0.808. The number of nitrogens with zero attached hydrogens (tertiary/aromatic N) is 2. The first-order valence-corrected chi connectivity index (χ1v) is 9.63. The normalized spacial score (nSPS) is 18.3. The van der Waals surface area contributed by atoms with Crippen LogP contribution in [0.15, 0.2) is 35.3 Å². The summed E-state index contributed by atoms with van der Waals surface area (Å²) in [5, 5.41) is 0. The molecule has 0 aromatic heterocycles. The van der Waals surface area contributed by atoms with Crippen molar-refractivity contribution in [1.29, 1.82) is 0 Å². The first-order chi connectivity index (χ1) is 12.6. The summed E-state index contributed by atoms with van der Waals surface area (Å²) in [5.74, 6) is 2.21. The fourth-order valence-electron chi connectivity index (χ4n) is 2.98. The van der Waals surface area contributed by atoms with Crippen LogP contribution in [0.2, 0.25) is 0 Å². The van der Waals surface area contributed by atoms with E-state index in [1.54, 1.807) is 0 Å². The van der Waals surface area contributed by atoms with Crippen LogP contribution in [0.5, 0.6) is 11.5 Å². The number of fused-ring (bicyclic) bond motifs is 1. The highest BCUT2D eigenvalue weighted by atomic mass is 16.7. The fourth-order valence-corrected chi connectivity index (χ4v) is 2.98. The summed E-state index contributed by atoms with van der Waals surface area (Å²) in [5.41, 5.74) is 6.49. The molecule has 2 aliphatic rings. The van der Waals surface area contributed by atoms with Gasteiger partial charge in [-0.05, 0) is 37.8 Å². The second-order valence-corrected chi connectivity index (χ2v) is 7.01. The van der Waals surface area contributed by atoms with Gasteiger partial charge in [-0.25, -0.2) is 0 Å². The number of benzene rings is 1. The molecule has 1 atom stereocenters. The van der Waals surface area contributed by atoms with Crippen LogP contribution in [0, 0.1) is 5.92 Å². The van der Waals surface area contributed by atoms with Crippen molar-refractivity contribution in [1.82, 2.24) is 4.90 Å². The number of allylic oxidation sites excluding steroid dienone is 2. The van der Waals surface area contributed by atoms with Gasteiger partial charge >= 0.3 is 0 Å². The van der Waals surface area contributed by atoms with E-state index in [2.05, 4.69) is 42.8 Å². The van der Waals surface area contributed by atoms with Crippen LogP contribution in [0.4, 0.5) is 0 Å². The highest BCUT2D eigenvalue weighted by molar-refractivity contribution is 5.71. The Hall–Kier alpha value is -1.85. The van der Waals surface area contributed by atoms with Gasteiger partial charge in [0.15, 0.2) is 11.5 Å². The summed E-state index contributed by atoms with van der Waals surface area (Å²) in [6.45, 7) is 9.78. The van der Waals surface area contributed by atoms with Crippen LogP contribution in [0.3, 0.4) is 0 Å². The van der Waals surface area contributed by atoms with Crippen LogP contribution in [0.25, 0.3) is 0 Å². The predicted molar refractivity (Wildman–Crippen MR) is 108 cm³/mol. The van der Waals surface area contributed by atoms with E-state index >= 15 is 0 Å². The maximum absolute atomic E-state index is 5.49. The van der Waals surface area contributed by atoms with E-state index in [1.165, 1.54) is 32.4 Å². The van der Waals surface area contributed by atoms with Crippen LogP contribution in [0.1, 0.15) is 45.6 Å². The number of nitrogens with two attached hydrogens (primary N) is 1. The third-order valence-electron chi connectivity index (χ3n) is 4.50. The molecule has 1 saturated heterocycles. The topological polar surface area (TPSA) is 60.1 Å². The molecule has 1 aromatic carbocycles. The summed E-state index contributed by atoms with van der Waals surface area (Å²) in [6.07, 6.45) is 10.6. The summed E-state index contributed by atoms with van der Waals surface area (Å²) in [6, 6.07) is 5.73. The molecule has 1 unspecified atom stereocenters. The number of ether oxygens (including phenoxy) is 2. The Morgan fingerprint density at radius 1 is 1.15 bits per heavy atom. The van der Waals surface area contributed by atoms with Crippen molar-refractivity contribution >= 4 is 6.21 Å². The zero-order chi connectivity index (χ0) is 18.8. The van der Waals surface area contributed by atoms with Gasteiger partial charge in [0.05, 0.1) is 6.17 Å². The summed E-state index contributed by atoms with van der Waals surface area (Å²) < 4.78 is 10.4. The standard InChI is InChI=1S/C13H24N2.C8H9NO2/c1-12(2)8-7-9-14-13(3)15-10-5-4-6-11-15;9-4-6-2-1-3-7-8(6)11-5-10-7/h7-9,12-13H,4-6,10-11H2,1-3H3;1-3H,4-5,9H2/b8-7-,14-9-;. The van der Waals surface area contributed by atoms with Gasteiger partial charge in [0, 0.05) is 31.4 Å². The Labute approximate surface area is 157 Å². The molecule has 5 heteroatoms. The Kier molecular flexibility index (Phi) is 8.65. The van der Waals surface area contributed by atoms with Crippen molar-refractivity contribution in [2.24, 2.45) is 16.6 Å². The van der Waals surface area contributed by atoms with Crippen LogP contribution >= 0.6 is 0 Å². The molecule has 26 heavy (non-hydrogen) atoms. The number of rotatable bonds is 5. The highest BCUT2D eigenvalue weighted by Crippen LogP contribution is 2.34. The van der Waals surface area contributed by atoms with Gasteiger partial charge in [0.25, 0.3) is 0 Å². The average Bonchev–Trinajstić information content (AvgIpc) is 3.15. The van der Waals surface area contributed by atoms with Crippen molar-refractivity contribution in [3.05, 3.63) is 35.9 Å². The first-order valence-electron chi connectivity index (χ1n) is 9.63. The molecule has 0 spiro atoms. The number of likely N-dealkylation sites (tertiary alicyclic amines) is 1. The summed E-state index contributed by atoms with van der Waals surface area (Å²) in [7, 11) is 0. The maximum atomic E-state index is 5.49. The predicted octanol–water partition coefficient (Wildman–Crippen LogP) is 3.98. The van der Waals surface area contributed by atoms with Gasteiger partial charge in [-0.2, -0.15) is 0 Å². The van der Waals surface area contributed by atoms with E-state index in [0.29, 0.717) is 25.4 Å². The molecular formula is C21H33N3O2. The van der Waals surface area contributed by atoms with E-state index in [1.807, 2.05) is 24.4 Å². The number of para-hydroxylation sites is 1. The van der Waals surface area contributed by atoms with E-state index in [0.717, 1.165) is 17.1 Å². The van der Waals surface area contributed by atoms with Gasteiger partial charge in [-0.1, -0.05) is 38.5 Å². The van der Waals surface area contributed by atoms with Gasteiger partial charge in [-0.15, -0.1) is 0 Å². The number of aliphatic imine (C=N–C) groups is 1. The molecule has 0 radical (unpaired) electrons.